The molecule has 1 heterocycles. The van der Waals surface area contributed by atoms with E-state index < -0.39 is 17.3 Å². The average molecular weight is 510 g/mol. The van der Waals surface area contributed by atoms with Crippen LogP contribution < -0.4 is 0 Å². The zero-order valence-corrected chi connectivity index (χ0v) is 20.6. The Labute approximate surface area is 220 Å². The first kappa shape index (κ1) is 25.2. The maximum absolute atomic E-state index is 13.0. The molecule has 0 radical (unpaired) electrons. The zero-order chi connectivity index (χ0) is 26.4. The van der Waals surface area contributed by atoms with Gasteiger partial charge in [-0.05, 0) is 47.7 Å². The van der Waals surface area contributed by atoms with Gasteiger partial charge in [-0.25, -0.2) is 4.98 Å². The summed E-state index contributed by atoms with van der Waals surface area (Å²) >= 11 is 0. The Kier molecular flexibility index (Phi) is 7.22. The number of alkyl halides is 3. The van der Waals surface area contributed by atoms with Crippen molar-refractivity contribution in [2.45, 2.75) is 24.6 Å². The summed E-state index contributed by atoms with van der Waals surface area (Å²) in [7, 11) is 0. The third-order valence-electron chi connectivity index (χ3n) is 6.54. The highest BCUT2D eigenvalue weighted by Gasteiger charge is 2.38. The Morgan fingerprint density at radius 1 is 0.684 bits per heavy atom. The molecule has 0 amide bonds. The van der Waals surface area contributed by atoms with Crippen LogP contribution in [0.5, 0.6) is 0 Å². The van der Waals surface area contributed by atoms with Crippen LogP contribution in [-0.4, -0.2) is 15.8 Å². The van der Waals surface area contributed by atoms with Crippen molar-refractivity contribution in [3.63, 3.8) is 0 Å². The highest BCUT2D eigenvalue weighted by atomic mass is 19.4. The quantitative estimate of drug-likeness (QED) is 0.154. The van der Waals surface area contributed by atoms with Gasteiger partial charge in [-0.15, -0.1) is 0 Å². The Morgan fingerprint density at radius 3 is 1.74 bits per heavy atom. The van der Waals surface area contributed by atoms with E-state index in [1.54, 1.807) is 12.3 Å². The van der Waals surface area contributed by atoms with E-state index in [1.807, 2.05) is 67.1 Å². The largest absolute Gasteiger partial charge is 0.416 e. The molecule has 1 aromatic heterocycles. The molecule has 3 nitrogen and oxygen atoms in total. The maximum atomic E-state index is 13.0. The summed E-state index contributed by atoms with van der Waals surface area (Å²) in [5.41, 5.74) is 3.12. The summed E-state index contributed by atoms with van der Waals surface area (Å²) in [6, 6.07) is 36.1. The lowest BCUT2D eigenvalue weighted by molar-refractivity contribution is -0.137. The van der Waals surface area contributed by atoms with Gasteiger partial charge in [-0.1, -0.05) is 97.1 Å². The molecule has 38 heavy (non-hydrogen) atoms. The lowest BCUT2D eigenvalue weighted by Gasteiger charge is -2.37. The molecular weight excluding hydrogens is 483 g/mol. The molecule has 0 unspecified atom stereocenters. The van der Waals surface area contributed by atoms with Crippen molar-refractivity contribution in [3.05, 3.63) is 156 Å². The van der Waals surface area contributed by atoms with Gasteiger partial charge in [0.05, 0.1) is 23.3 Å². The molecule has 190 valence electrons. The predicted molar refractivity (Wildman–Crippen MR) is 145 cm³/mol. The molecule has 0 bridgehead atoms. The van der Waals surface area contributed by atoms with E-state index in [0.717, 1.165) is 34.5 Å². The third kappa shape index (κ3) is 5.16. The second-order valence-corrected chi connectivity index (χ2v) is 8.98. The average Bonchev–Trinajstić information content (AvgIpc) is 3.42. The van der Waals surface area contributed by atoms with Gasteiger partial charge in [-0.3, -0.25) is 4.99 Å². The number of hydrogen-bond acceptors (Lipinski definition) is 2. The molecule has 0 aliphatic carbocycles. The molecule has 0 aliphatic heterocycles. The van der Waals surface area contributed by atoms with Gasteiger partial charge < -0.3 is 4.57 Å². The number of aromatic nitrogens is 2. The molecule has 0 saturated heterocycles. The molecule has 5 rings (SSSR count). The number of rotatable bonds is 8. The van der Waals surface area contributed by atoms with E-state index in [2.05, 4.69) is 46.0 Å². The Morgan fingerprint density at radius 2 is 1.21 bits per heavy atom. The first-order valence-electron chi connectivity index (χ1n) is 12.4. The second kappa shape index (κ2) is 10.9. The SMILES string of the molecule is FC(F)(F)c1cccc(N=CCCc2cn(C(c3ccccc3)(c3ccccc3)c3ccccc3)cn2)c1. The van der Waals surface area contributed by atoms with Crippen LogP contribution in [0.2, 0.25) is 0 Å². The second-order valence-electron chi connectivity index (χ2n) is 8.98. The zero-order valence-electron chi connectivity index (χ0n) is 20.6. The van der Waals surface area contributed by atoms with Crippen LogP contribution in [0.1, 0.15) is 34.4 Å². The van der Waals surface area contributed by atoms with Gasteiger partial charge in [0, 0.05) is 12.4 Å². The molecular formula is C32H26F3N3. The number of aliphatic imine (C=N–C) groups is 1. The topological polar surface area (TPSA) is 30.2 Å². The van der Waals surface area contributed by atoms with Crippen LogP contribution in [0.25, 0.3) is 0 Å². The Hall–Kier alpha value is -4.45. The molecule has 0 N–H and O–H groups in total. The lowest BCUT2D eigenvalue weighted by atomic mass is 9.77. The van der Waals surface area contributed by atoms with Crippen molar-refractivity contribution in [1.82, 2.24) is 9.55 Å². The van der Waals surface area contributed by atoms with E-state index >= 15 is 0 Å². The molecule has 6 heteroatoms. The van der Waals surface area contributed by atoms with Crippen LogP contribution in [0.15, 0.2) is 133 Å². The molecule has 0 saturated carbocycles. The first-order chi connectivity index (χ1) is 18.5. The van der Waals surface area contributed by atoms with Gasteiger partial charge in [0.25, 0.3) is 0 Å². The molecule has 0 fully saturated rings. The normalized spacial score (nSPS) is 12.2. The van der Waals surface area contributed by atoms with E-state index in [4.69, 9.17) is 4.98 Å². The van der Waals surface area contributed by atoms with Gasteiger partial charge >= 0.3 is 6.18 Å². The molecule has 0 spiro atoms. The summed E-state index contributed by atoms with van der Waals surface area (Å²) in [6.45, 7) is 0. The summed E-state index contributed by atoms with van der Waals surface area (Å²) < 4.78 is 41.1. The van der Waals surface area contributed by atoms with E-state index in [9.17, 15) is 13.2 Å². The number of halogens is 3. The van der Waals surface area contributed by atoms with Crippen LogP contribution >= 0.6 is 0 Å². The van der Waals surface area contributed by atoms with Gasteiger partial charge in [0.2, 0.25) is 0 Å². The van der Waals surface area contributed by atoms with Crippen LogP contribution in [-0.2, 0) is 18.1 Å². The van der Waals surface area contributed by atoms with Crippen molar-refractivity contribution in [1.29, 1.82) is 0 Å². The monoisotopic (exact) mass is 509 g/mol. The minimum absolute atomic E-state index is 0.279. The van der Waals surface area contributed by atoms with E-state index in [0.29, 0.717) is 12.8 Å². The standard InChI is InChI=1S/C32H26F3N3/c33-32(34,35)28-18-10-19-29(22-28)36-21-11-20-30-23-38(24-37-30)31(25-12-4-1-5-13-25,26-14-6-2-7-15-26)27-16-8-3-9-17-27/h1-10,12-19,21-24H,11,20H2. The van der Waals surface area contributed by atoms with Crippen molar-refractivity contribution < 1.29 is 13.2 Å². The fraction of sp³-hybridized carbons (Fsp3) is 0.125. The molecule has 0 aliphatic rings. The summed E-state index contributed by atoms with van der Waals surface area (Å²) in [4.78, 5) is 8.94. The van der Waals surface area contributed by atoms with Gasteiger partial charge in [0.1, 0.15) is 5.54 Å². The van der Waals surface area contributed by atoms with Crippen molar-refractivity contribution in [2.24, 2.45) is 4.99 Å². The molecule has 4 aromatic carbocycles. The van der Waals surface area contributed by atoms with Crippen molar-refractivity contribution in [3.8, 4) is 0 Å². The van der Waals surface area contributed by atoms with Crippen molar-refractivity contribution >= 4 is 11.9 Å². The fourth-order valence-electron chi connectivity index (χ4n) is 4.81. The lowest BCUT2D eigenvalue weighted by Crippen LogP contribution is -2.36. The van der Waals surface area contributed by atoms with Gasteiger partial charge in [-0.2, -0.15) is 13.2 Å². The van der Waals surface area contributed by atoms with Crippen molar-refractivity contribution in [2.75, 3.05) is 0 Å². The number of imidazole rings is 1. The maximum Gasteiger partial charge on any atom is 0.416 e. The summed E-state index contributed by atoms with van der Waals surface area (Å²) in [5, 5.41) is 0. The highest BCUT2D eigenvalue weighted by Crippen LogP contribution is 2.40. The van der Waals surface area contributed by atoms with E-state index in [1.165, 1.54) is 6.07 Å². The number of hydrogen-bond donors (Lipinski definition) is 0. The molecule has 0 atom stereocenters. The van der Waals surface area contributed by atoms with Gasteiger partial charge in [0.15, 0.2) is 0 Å². The Balaban J connectivity index is 1.46. The number of aryl methyl sites for hydroxylation is 1. The number of benzene rings is 4. The minimum Gasteiger partial charge on any atom is -0.319 e. The minimum atomic E-state index is -4.39. The Bertz CT molecular complexity index is 1390. The highest BCUT2D eigenvalue weighted by molar-refractivity contribution is 5.63. The molecule has 5 aromatic rings. The number of nitrogens with zero attached hydrogens (tertiary/aromatic N) is 3. The fourth-order valence-corrected chi connectivity index (χ4v) is 4.81. The summed E-state index contributed by atoms with van der Waals surface area (Å²) in [5.74, 6) is 0. The summed E-state index contributed by atoms with van der Waals surface area (Å²) in [6.07, 6.45) is 2.30. The van der Waals surface area contributed by atoms with Crippen LogP contribution in [0.4, 0.5) is 18.9 Å². The van der Waals surface area contributed by atoms with E-state index in [-0.39, 0.29) is 5.69 Å². The smallest absolute Gasteiger partial charge is 0.319 e. The van der Waals surface area contributed by atoms with Crippen LogP contribution in [0.3, 0.4) is 0 Å². The first-order valence-corrected chi connectivity index (χ1v) is 12.4. The predicted octanol–water partition coefficient (Wildman–Crippen LogP) is 8.08. The third-order valence-corrected chi connectivity index (χ3v) is 6.54. The van der Waals surface area contributed by atoms with Crippen LogP contribution in [0, 0.1) is 0 Å².